The molecule has 0 aromatic heterocycles. The molecule has 3 heteroatoms. The van der Waals surface area contributed by atoms with Gasteiger partial charge < -0.3 is 15.5 Å². The van der Waals surface area contributed by atoms with Crippen molar-refractivity contribution in [3.05, 3.63) is 34.4 Å². The summed E-state index contributed by atoms with van der Waals surface area (Å²) in [5.74, 6) is 0. The minimum atomic E-state index is -0.496. The van der Waals surface area contributed by atoms with E-state index in [1.54, 1.807) is 0 Å². The van der Waals surface area contributed by atoms with E-state index in [1.165, 1.54) is 5.56 Å². The van der Waals surface area contributed by atoms with Crippen LogP contribution in [0.3, 0.4) is 0 Å². The molecule has 2 atom stereocenters. The molecule has 0 spiro atoms. The summed E-state index contributed by atoms with van der Waals surface area (Å²) in [6.07, 6.45) is 1.08. The first-order valence-electron chi connectivity index (χ1n) is 7.11. The Bertz CT molecular complexity index is 381. The Balaban J connectivity index is 2.88. The monoisotopic (exact) mass is 265 g/mol. The Hall–Kier alpha value is -0.900. The van der Waals surface area contributed by atoms with Crippen LogP contribution < -0.4 is 5.32 Å². The van der Waals surface area contributed by atoms with Gasteiger partial charge in [0.25, 0.3) is 0 Å². The van der Waals surface area contributed by atoms with E-state index in [-0.39, 0.29) is 12.6 Å². The maximum Gasteiger partial charge on any atom is 0.0947 e. The summed E-state index contributed by atoms with van der Waals surface area (Å²) in [6, 6.07) is 4.27. The molecule has 0 saturated carbocycles. The first-order valence-corrected chi connectivity index (χ1v) is 7.11. The van der Waals surface area contributed by atoms with Crippen LogP contribution in [0.4, 0.5) is 0 Å². The van der Waals surface area contributed by atoms with Crippen LogP contribution in [0, 0.1) is 20.8 Å². The topological polar surface area (TPSA) is 52.5 Å². The van der Waals surface area contributed by atoms with Gasteiger partial charge in [0.2, 0.25) is 0 Å². The Morgan fingerprint density at radius 1 is 1.16 bits per heavy atom. The van der Waals surface area contributed by atoms with Crippen LogP contribution in [-0.2, 0) is 0 Å². The van der Waals surface area contributed by atoms with Crippen molar-refractivity contribution in [3.8, 4) is 0 Å². The SMILES string of the molecule is CCC(NCCCO)C(O)c1c(C)cc(C)cc1C. The van der Waals surface area contributed by atoms with Crippen LogP contribution in [0.2, 0.25) is 0 Å². The second-order valence-corrected chi connectivity index (χ2v) is 5.30. The average Bonchev–Trinajstić information content (AvgIpc) is 2.33. The highest BCUT2D eigenvalue weighted by Gasteiger charge is 2.22. The molecule has 1 rings (SSSR count). The highest BCUT2D eigenvalue weighted by molar-refractivity contribution is 5.39. The van der Waals surface area contributed by atoms with Crippen molar-refractivity contribution < 1.29 is 10.2 Å². The molecule has 0 aliphatic rings. The normalized spacial score (nSPS) is 14.4. The number of nitrogens with one attached hydrogen (secondary N) is 1. The summed E-state index contributed by atoms with van der Waals surface area (Å²) >= 11 is 0. The lowest BCUT2D eigenvalue weighted by atomic mass is 9.91. The molecule has 0 aliphatic carbocycles. The molecule has 0 bridgehead atoms. The van der Waals surface area contributed by atoms with Gasteiger partial charge in [-0.1, -0.05) is 24.6 Å². The largest absolute Gasteiger partial charge is 0.396 e. The van der Waals surface area contributed by atoms with Gasteiger partial charge in [0.15, 0.2) is 0 Å². The molecule has 0 saturated heterocycles. The number of hydrogen-bond donors (Lipinski definition) is 3. The first-order chi connectivity index (χ1) is 9.01. The molecule has 2 unspecified atom stereocenters. The zero-order chi connectivity index (χ0) is 14.4. The number of aliphatic hydroxyl groups is 2. The van der Waals surface area contributed by atoms with E-state index in [0.717, 1.165) is 36.1 Å². The molecular weight excluding hydrogens is 238 g/mol. The lowest BCUT2D eigenvalue weighted by molar-refractivity contribution is 0.123. The molecule has 0 fully saturated rings. The Morgan fingerprint density at radius 3 is 2.21 bits per heavy atom. The third-order valence-electron chi connectivity index (χ3n) is 3.60. The van der Waals surface area contributed by atoms with Gasteiger partial charge in [-0.2, -0.15) is 0 Å². The van der Waals surface area contributed by atoms with Gasteiger partial charge in [-0.05, 0) is 56.8 Å². The van der Waals surface area contributed by atoms with E-state index in [0.29, 0.717) is 0 Å². The molecular formula is C16H27NO2. The predicted molar refractivity (Wildman–Crippen MR) is 79.4 cm³/mol. The summed E-state index contributed by atoms with van der Waals surface area (Å²) in [5, 5.41) is 22.8. The third kappa shape index (κ3) is 4.30. The number of benzene rings is 1. The van der Waals surface area contributed by atoms with Crippen LogP contribution in [0.15, 0.2) is 12.1 Å². The van der Waals surface area contributed by atoms with E-state index in [1.807, 2.05) is 0 Å². The number of rotatable bonds is 7. The Labute approximate surface area is 116 Å². The Kier molecular flexibility index (Phi) is 6.49. The number of aliphatic hydroxyl groups excluding tert-OH is 2. The Morgan fingerprint density at radius 2 is 1.74 bits per heavy atom. The fourth-order valence-corrected chi connectivity index (χ4v) is 2.70. The third-order valence-corrected chi connectivity index (χ3v) is 3.60. The summed E-state index contributed by atoms with van der Waals surface area (Å²) < 4.78 is 0. The number of aryl methyl sites for hydroxylation is 3. The van der Waals surface area contributed by atoms with E-state index in [4.69, 9.17) is 5.11 Å². The lowest BCUT2D eigenvalue weighted by Gasteiger charge is -2.26. The zero-order valence-electron chi connectivity index (χ0n) is 12.5. The average molecular weight is 265 g/mol. The first kappa shape index (κ1) is 16.2. The highest BCUT2D eigenvalue weighted by atomic mass is 16.3. The van der Waals surface area contributed by atoms with Gasteiger partial charge in [-0.25, -0.2) is 0 Å². The van der Waals surface area contributed by atoms with Crippen molar-refractivity contribution in [2.75, 3.05) is 13.2 Å². The maximum absolute atomic E-state index is 10.6. The molecule has 108 valence electrons. The fraction of sp³-hybridized carbons (Fsp3) is 0.625. The van der Waals surface area contributed by atoms with E-state index < -0.39 is 6.10 Å². The standard InChI is InChI=1S/C16H27NO2/c1-5-14(17-7-6-8-18)16(19)15-12(3)9-11(2)10-13(15)4/h9-10,14,16-19H,5-8H2,1-4H3. The molecule has 0 heterocycles. The zero-order valence-corrected chi connectivity index (χ0v) is 12.5. The lowest BCUT2D eigenvalue weighted by Crippen LogP contribution is -2.36. The van der Waals surface area contributed by atoms with Crippen LogP contribution in [0.5, 0.6) is 0 Å². The minimum absolute atomic E-state index is 0.0339. The van der Waals surface area contributed by atoms with Crippen LogP contribution in [0.25, 0.3) is 0 Å². The summed E-state index contributed by atoms with van der Waals surface area (Å²) in [4.78, 5) is 0. The van der Waals surface area contributed by atoms with Crippen molar-refractivity contribution in [2.45, 2.75) is 52.7 Å². The van der Waals surface area contributed by atoms with E-state index in [2.05, 4.69) is 45.1 Å². The minimum Gasteiger partial charge on any atom is -0.396 e. The summed E-state index contributed by atoms with van der Waals surface area (Å²) in [5.41, 5.74) is 4.56. The second-order valence-electron chi connectivity index (χ2n) is 5.30. The van der Waals surface area contributed by atoms with Crippen molar-refractivity contribution in [3.63, 3.8) is 0 Å². The van der Waals surface area contributed by atoms with Crippen LogP contribution >= 0.6 is 0 Å². The van der Waals surface area contributed by atoms with Gasteiger partial charge in [-0.3, -0.25) is 0 Å². The predicted octanol–water partition coefficient (Wildman–Crippen LogP) is 2.40. The summed E-state index contributed by atoms with van der Waals surface area (Å²) in [7, 11) is 0. The van der Waals surface area contributed by atoms with Gasteiger partial charge in [0, 0.05) is 12.6 Å². The summed E-state index contributed by atoms with van der Waals surface area (Å²) in [6.45, 7) is 9.17. The van der Waals surface area contributed by atoms with Crippen LogP contribution in [-0.4, -0.2) is 29.4 Å². The van der Waals surface area contributed by atoms with Gasteiger partial charge in [0.05, 0.1) is 6.10 Å². The van der Waals surface area contributed by atoms with Crippen molar-refractivity contribution in [2.24, 2.45) is 0 Å². The van der Waals surface area contributed by atoms with Crippen molar-refractivity contribution >= 4 is 0 Å². The quantitative estimate of drug-likeness (QED) is 0.664. The molecule has 1 aromatic carbocycles. The smallest absolute Gasteiger partial charge is 0.0947 e. The molecule has 0 radical (unpaired) electrons. The van der Waals surface area contributed by atoms with Crippen LogP contribution in [0.1, 0.15) is 48.1 Å². The fourth-order valence-electron chi connectivity index (χ4n) is 2.70. The van der Waals surface area contributed by atoms with E-state index in [9.17, 15) is 5.11 Å². The molecule has 19 heavy (non-hydrogen) atoms. The van der Waals surface area contributed by atoms with Gasteiger partial charge in [0.1, 0.15) is 0 Å². The molecule has 0 aliphatic heterocycles. The van der Waals surface area contributed by atoms with Crippen molar-refractivity contribution in [1.82, 2.24) is 5.32 Å². The molecule has 0 amide bonds. The number of hydrogen-bond acceptors (Lipinski definition) is 3. The second kappa shape index (κ2) is 7.63. The molecule has 3 N–H and O–H groups in total. The highest BCUT2D eigenvalue weighted by Crippen LogP contribution is 2.27. The maximum atomic E-state index is 10.6. The van der Waals surface area contributed by atoms with Gasteiger partial charge >= 0.3 is 0 Å². The molecule has 1 aromatic rings. The van der Waals surface area contributed by atoms with Gasteiger partial charge in [-0.15, -0.1) is 0 Å². The molecule has 3 nitrogen and oxygen atoms in total. The van der Waals surface area contributed by atoms with E-state index >= 15 is 0 Å². The van der Waals surface area contributed by atoms with Crippen molar-refractivity contribution in [1.29, 1.82) is 0 Å².